The maximum absolute atomic E-state index is 10.9. The van der Waals surface area contributed by atoms with Crippen LogP contribution in [-0.2, 0) is 0 Å². The van der Waals surface area contributed by atoms with E-state index in [1.54, 1.807) is 24.7 Å². The fourth-order valence-corrected chi connectivity index (χ4v) is 1.55. The van der Waals surface area contributed by atoms with E-state index in [2.05, 4.69) is 9.97 Å². The highest BCUT2D eigenvalue weighted by molar-refractivity contribution is 5.96. The van der Waals surface area contributed by atoms with Gasteiger partial charge < -0.3 is 5.11 Å². The van der Waals surface area contributed by atoms with E-state index in [1.807, 2.05) is 19.9 Å². The van der Waals surface area contributed by atoms with Crippen LogP contribution in [0.1, 0.15) is 38.8 Å². The summed E-state index contributed by atoms with van der Waals surface area (Å²) < 4.78 is 0. The van der Waals surface area contributed by atoms with Gasteiger partial charge in [0.25, 0.3) is 0 Å². The Bertz CT molecular complexity index is 639. The minimum Gasteiger partial charge on any atom is -0.388 e. The number of ketones is 2. The highest BCUT2D eigenvalue weighted by Gasteiger charge is 2.02. The van der Waals surface area contributed by atoms with Gasteiger partial charge in [-0.05, 0) is 44.0 Å². The minimum atomic E-state index is -0.453. The average Bonchev–Trinajstić information content (AvgIpc) is 2.47. The Kier molecular flexibility index (Phi) is 6.36. The summed E-state index contributed by atoms with van der Waals surface area (Å²) in [7, 11) is 0. The molecule has 0 unspecified atom stereocenters. The van der Waals surface area contributed by atoms with E-state index in [-0.39, 0.29) is 11.6 Å². The molecule has 0 atom stereocenters. The first-order valence-electron chi connectivity index (χ1n) is 6.42. The molecule has 0 aliphatic rings. The molecule has 5 heteroatoms. The number of aliphatic hydroxyl groups is 1. The number of rotatable bonds is 3. The van der Waals surface area contributed by atoms with Crippen molar-refractivity contribution in [2.24, 2.45) is 0 Å². The van der Waals surface area contributed by atoms with Gasteiger partial charge in [-0.15, -0.1) is 0 Å². The first-order valence-corrected chi connectivity index (χ1v) is 6.42. The number of carbonyl (C=O) groups excluding carboxylic acids is 2. The Morgan fingerprint density at radius 3 is 1.81 bits per heavy atom. The van der Waals surface area contributed by atoms with Crippen LogP contribution < -0.4 is 0 Å². The van der Waals surface area contributed by atoms with Crippen molar-refractivity contribution in [3.05, 3.63) is 59.2 Å². The second kappa shape index (κ2) is 8.01. The number of aryl methyl sites for hydroxylation is 2. The summed E-state index contributed by atoms with van der Waals surface area (Å²) in [6.45, 7) is 4.85. The van der Waals surface area contributed by atoms with Gasteiger partial charge in [-0.3, -0.25) is 19.6 Å². The van der Waals surface area contributed by atoms with Gasteiger partial charge in [0.2, 0.25) is 0 Å². The lowest BCUT2D eigenvalue weighted by Gasteiger charge is -1.96. The molecule has 0 saturated carbocycles. The van der Waals surface area contributed by atoms with Crippen molar-refractivity contribution >= 4 is 11.6 Å². The summed E-state index contributed by atoms with van der Waals surface area (Å²) in [5, 5.41) is 8.50. The van der Waals surface area contributed by atoms with Crippen LogP contribution in [0.2, 0.25) is 0 Å². The molecule has 2 heterocycles. The van der Waals surface area contributed by atoms with Crippen LogP contribution in [0.4, 0.5) is 0 Å². The fraction of sp³-hybridized carbons (Fsp3) is 0.250. The first-order chi connectivity index (χ1) is 9.93. The van der Waals surface area contributed by atoms with Crippen LogP contribution in [-0.4, -0.2) is 33.2 Å². The molecular weight excluding hydrogens is 268 g/mol. The van der Waals surface area contributed by atoms with Crippen molar-refractivity contribution in [3.63, 3.8) is 0 Å². The van der Waals surface area contributed by atoms with Gasteiger partial charge in [0.15, 0.2) is 11.6 Å². The smallest absolute Gasteiger partial charge is 0.189 e. The predicted octanol–water partition coefficient (Wildman–Crippen LogP) is 2.16. The lowest BCUT2D eigenvalue weighted by molar-refractivity contribution is 0.0903. The van der Waals surface area contributed by atoms with E-state index >= 15 is 0 Å². The number of Topliss-reactive ketones (excluding diaryl/α,β-unsaturated/α-hetero) is 2. The second-order valence-electron chi connectivity index (χ2n) is 4.64. The van der Waals surface area contributed by atoms with Gasteiger partial charge in [0.05, 0.1) is 0 Å². The number of nitrogens with zero attached hydrogens (tertiary/aromatic N) is 2. The van der Waals surface area contributed by atoms with Crippen LogP contribution in [0.25, 0.3) is 0 Å². The zero-order valence-corrected chi connectivity index (χ0v) is 12.3. The molecule has 5 nitrogen and oxygen atoms in total. The molecule has 0 saturated heterocycles. The van der Waals surface area contributed by atoms with Gasteiger partial charge in [-0.1, -0.05) is 0 Å². The number of aliphatic hydroxyl groups excluding tert-OH is 1. The number of carbonyl (C=O) groups is 2. The number of hydrogen-bond donors (Lipinski definition) is 1. The third kappa shape index (κ3) is 5.62. The van der Waals surface area contributed by atoms with Crippen LogP contribution >= 0.6 is 0 Å². The van der Waals surface area contributed by atoms with E-state index in [0.29, 0.717) is 11.1 Å². The van der Waals surface area contributed by atoms with E-state index < -0.39 is 6.61 Å². The molecule has 0 fully saturated rings. The fourth-order valence-electron chi connectivity index (χ4n) is 1.55. The molecule has 0 bridgehead atoms. The van der Waals surface area contributed by atoms with Gasteiger partial charge in [-0.2, -0.15) is 0 Å². The summed E-state index contributed by atoms with van der Waals surface area (Å²) in [5.74, 6) is -0.225. The Morgan fingerprint density at radius 1 is 0.952 bits per heavy atom. The Balaban J connectivity index is 0.000000211. The SMILES string of the molecule is CC(=O)c1cncc(C)c1.Cc1cncc(C(=O)CO)c1. The number of aromatic nitrogens is 2. The summed E-state index contributed by atoms with van der Waals surface area (Å²) in [6.07, 6.45) is 6.42. The molecular formula is C16H18N2O3. The van der Waals surface area contributed by atoms with Gasteiger partial charge in [0.1, 0.15) is 6.61 Å². The van der Waals surface area contributed by atoms with E-state index in [4.69, 9.17) is 5.11 Å². The quantitative estimate of drug-likeness (QED) is 0.874. The molecule has 2 aromatic heterocycles. The summed E-state index contributed by atoms with van der Waals surface area (Å²) >= 11 is 0. The Labute approximate surface area is 123 Å². The van der Waals surface area contributed by atoms with E-state index in [1.165, 1.54) is 13.1 Å². The maximum atomic E-state index is 10.9. The Morgan fingerprint density at radius 2 is 1.43 bits per heavy atom. The van der Waals surface area contributed by atoms with E-state index in [0.717, 1.165) is 11.1 Å². The number of hydrogen-bond acceptors (Lipinski definition) is 5. The van der Waals surface area contributed by atoms with Gasteiger partial charge in [0, 0.05) is 35.9 Å². The topological polar surface area (TPSA) is 80.2 Å². The van der Waals surface area contributed by atoms with Crippen molar-refractivity contribution < 1.29 is 14.7 Å². The molecule has 21 heavy (non-hydrogen) atoms. The molecule has 0 radical (unpaired) electrons. The van der Waals surface area contributed by atoms with Crippen molar-refractivity contribution in [1.29, 1.82) is 0 Å². The maximum Gasteiger partial charge on any atom is 0.189 e. The molecule has 2 rings (SSSR count). The summed E-state index contributed by atoms with van der Waals surface area (Å²) in [6, 6.07) is 3.53. The average molecular weight is 286 g/mol. The zero-order chi connectivity index (χ0) is 15.8. The lowest BCUT2D eigenvalue weighted by atomic mass is 10.1. The van der Waals surface area contributed by atoms with Crippen LogP contribution in [0.3, 0.4) is 0 Å². The third-order valence-corrected chi connectivity index (χ3v) is 2.62. The molecule has 0 aromatic carbocycles. The normalized spacial score (nSPS) is 9.52. The molecule has 0 aliphatic carbocycles. The van der Waals surface area contributed by atoms with Crippen molar-refractivity contribution in [2.75, 3.05) is 6.61 Å². The molecule has 110 valence electrons. The van der Waals surface area contributed by atoms with Crippen LogP contribution in [0.5, 0.6) is 0 Å². The van der Waals surface area contributed by atoms with Crippen molar-refractivity contribution in [2.45, 2.75) is 20.8 Å². The Hall–Kier alpha value is -2.40. The van der Waals surface area contributed by atoms with E-state index in [9.17, 15) is 9.59 Å². The van der Waals surface area contributed by atoms with Gasteiger partial charge >= 0.3 is 0 Å². The molecule has 0 spiro atoms. The molecule has 0 amide bonds. The number of pyridine rings is 2. The summed E-state index contributed by atoms with van der Waals surface area (Å²) in [4.78, 5) is 29.3. The van der Waals surface area contributed by atoms with Gasteiger partial charge in [-0.25, -0.2) is 0 Å². The molecule has 1 N–H and O–H groups in total. The third-order valence-electron chi connectivity index (χ3n) is 2.62. The van der Waals surface area contributed by atoms with Crippen LogP contribution in [0, 0.1) is 13.8 Å². The minimum absolute atomic E-state index is 0.0659. The highest BCUT2D eigenvalue weighted by atomic mass is 16.3. The van der Waals surface area contributed by atoms with Crippen LogP contribution in [0.15, 0.2) is 36.9 Å². The van der Waals surface area contributed by atoms with Crippen molar-refractivity contribution in [3.8, 4) is 0 Å². The summed E-state index contributed by atoms with van der Waals surface area (Å²) in [5.41, 5.74) is 3.09. The van der Waals surface area contributed by atoms with Crippen molar-refractivity contribution in [1.82, 2.24) is 9.97 Å². The monoisotopic (exact) mass is 286 g/mol. The second-order valence-corrected chi connectivity index (χ2v) is 4.64. The standard InChI is InChI=1S/C8H9NO2.C8H9NO/c1-6-2-7(4-9-3-6)8(11)5-10;1-6-3-8(7(2)10)5-9-4-6/h2-4,10H,5H2,1H3;3-5H,1-2H3. The molecule has 0 aliphatic heterocycles. The predicted molar refractivity (Wildman–Crippen MR) is 79.4 cm³/mol. The molecule has 2 aromatic rings. The first kappa shape index (κ1) is 16.7. The lowest BCUT2D eigenvalue weighted by Crippen LogP contribution is -2.04. The largest absolute Gasteiger partial charge is 0.388 e. The zero-order valence-electron chi connectivity index (χ0n) is 12.3. The highest BCUT2D eigenvalue weighted by Crippen LogP contribution is 2.01.